The molecule has 2 N–H and O–H groups in total. The summed E-state index contributed by atoms with van der Waals surface area (Å²) in [5, 5.41) is 20.8. The van der Waals surface area contributed by atoms with Crippen LogP contribution in [0.25, 0.3) is 0 Å². The molecule has 2 aromatic rings. The maximum absolute atomic E-state index is 12.5. The summed E-state index contributed by atoms with van der Waals surface area (Å²) in [4.78, 5) is 25.6. The lowest BCUT2D eigenvalue weighted by atomic mass is 9.95. The number of piperidine rings is 1. The molecule has 27 heavy (non-hydrogen) atoms. The summed E-state index contributed by atoms with van der Waals surface area (Å²) in [6.45, 7) is 2.38. The molecular formula is C21H21N3O3. The van der Waals surface area contributed by atoms with Crippen molar-refractivity contribution in [2.45, 2.75) is 19.4 Å². The molecule has 138 valence electrons. The fourth-order valence-corrected chi connectivity index (χ4v) is 3.28. The Hall–Kier alpha value is -3.17. The van der Waals surface area contributed by atoms with Gasteiger partial charge in [0.2, 0.25) is 5.91 Å². The topological polar surface area (TPSA) is 93.4 Å². The maximum Gasteiger partial charge on any atom is 0.335 e. The zero-order valence-corrected chi connectivity index (χ0v) is 14.9. The average Bonchev–Trinajstić information content (AvgIpc) is 2.69. The molecule has 1 amide bonds. The Morgan fingerprint density at radius 2 is 1.85 bits per heavy atom. The molecule has 2 aromatic carbocycles. The van der Waals surface area contributed by atoms with Crippen LogP contribution in [0.4, 0.5) is 5.69 Å². The van der Waals surface area contributed by atoms with Gasteiger partial charge < -0.3 is 10.4 Å². The number of amides is 1. The van der Waals surface area contributed by atoms with Crippen LogP contribution in [0.2, 0.25) is 0 Å². The van der Waals surface area contributed by atoms with Crippen molar-refractivity contribution in [3.8, 4) is 6.07 Å². The van der Waals surface area contributed by atoms with Crippen molar-refractivity contribution in [1.82, 2.24) is 4.90 Å². The number of carboxylic acid groups (broad SMARTS) is 1. The number of nitrogens with zero attached hydrogens (tertiary/aromatic N) is 2. The van der Waals surface area contributed by atoms with E-state index in [2.05, 4.69) is 16.3 Å². The van der Waals surface area contributed by atoms with E-state index in [1.165, 1.54) is 0 Å². The van der Waals surface area contributed by atoms with Crippen LogP contribution < -0.4 is 5.32 Å². The fourth-order valence-electron chi connectivity index (χ4n) is 3.28. The van der Waals surface area contributed by atoms with Crippen LogP contribution in [0, 0.1) is 17.2 Å². The summed E-state index contributed by atoms with van der Waals surface area (Å²) in [7, 11) is 0. The highest BCUT2D eigenvalue weighted by atomic mass is 16.4. The Balaban J connectivity index is 1.50. The number of carbonyl (C=O) groups is 2. The molecule has 6 nitrogen and oxygen atoms in total. The lowest BCUT2D eigenvalue weighted by Gasteiger charge is -2.31. The highest BCUT2D eigenvalue weighted by molar-refractivity contribution is 5.92. The smallest absolute Gasteiger partial charge is 0.335 e. The number of anilines is 1. The Morgan fingerprint density at radius 3 is 2.48 bits per heavy atom. The first kappa shape index (κ1) is 18.6. The molecule has 0 aliphatic carbocycles. The summed E-state index contributed by atoms with van der Waals surface area (Å²) in [5.41, 5.74) is 2.53. The Labute approximate surface area is 158 Å². The molecule has 0 spiro atoms. The number of carboxylic acids is 1. The van der Waals surface area contributed by atoms with Crippen LogP contribution in [0.5, 0.6) is 0 Å². The third kappa shape index (κ3) is 4.93. The van der Waals surface area contributed by atoms with E-state index < -0.39 is 5.97 Å². The van der Waals surface area contributed by atoms with Crippen LogP contribution in [-0.2, 0) is 11.3 Å². The van der Waals surface area contributed by atoms with Crippen molar-refractivity contribution in [2.75, 3.05) is 18.4 Å². The minimum absolute atomic E-state index is 0.00412. The molecular weight excluding hydrogens is 342 g/mol. The number of nitriles is 1. The minimum Gasteiger partial charge on any atom is -0.478 e. The molecule has 0 aromatic heterocycles. The summed E-state index contributed by atoms with van der Waals surface area (Å²) >= 11 is 0. The molecule has 0 unspecified atom stereocenters. The lowest BCUT2D eigenvalue weighted by molar-refractivity contribution is -0.121. The zero-order chi connectivity index (χ0) is 19.2. The Morgan fingerprint density at radius 1 is 1.15 bits per heavy atom. The van der Waals surface area contributed by atoms with Crippen LogP contribution in [0.15, 0.2) is 48.5 Å². The average molecular weight is 363 g/mol. The van der Waals surface area contributed by atoms with Gasteiger partial charge in [0.1, 0.15) is 0 Å². The molecule has 6 heteroatoms. The van der Waals surface area contributed by atoms with Crippen LogP contribution in [-0.4, -0.2) is 35.0 Å². The van der Waals surface area contributed by atoms with E-state index in [1.807, 2.05) is 12.1 Å². The van der Waals surface area contributed by atoms with Crippen molar-refractivity contribution in [3.05, 3.63) is 65.2 Å². The highest BCUT2D eigenvalue weighted by Crippen LogP contribution is 2.21. The zero-order valence-electron chi connectivity index (χ0n) is 14.9. The first-order valence-corrected chi connectivity index (χ1v) is 8.91. The summed E-state index contributed by atoms with van der Waals surface area (Å²) < 4.78 is 0. The number of carbonyl (C=O) groups excluding carboxylic acids is 1. The molecule has 1 aliphatic heterocycles. The first-order chi connectivity index (χ1) is 13.0. The van der Waals surface area contributed by atoms with Gasteiger partial charge in [-0.1, -0.05) is 18.2 Å². The molecule has 0 atom stereocenters. The maximum atomic E-state index is 12.5. The van der Waals surface area contributed by atoms with Crippen LogP contribution >= 0.6 is 0 Å². The van der Waals surface area contributed by atoms with Crippen molar-refractivity contribution < 1.29 is 14.7 Å². The van der Waals surface area contributed by atoms with E-state index in [-0.39, 0.29) is 17.4 Å². The quantitative estimate of drug-likeness (QED) is 0.851. The van der Waals surface area contributed by atoms with Gasteiger partial charge in [-0.25, -0.2) is 4.79 Å². The molecule has 0 bridgehead atoms. The van der Waals surface area contributed by atoms with E-state index in [9.17, 15) is 9.59 Å². The monoisotopic (exact) mass is 363 g/mol. The third-order valence-corrected chi connectivity index (χ3v) is 4.82. The molecule has 1 aliphatic rings. The minimum atomic E-state index is -0.923. The molecule has 3 rings (SSSR count). The van der Waals surface area contributed by atoms with Crippen molar-refractivity contribution in [1.29, 1.82) is 5.26 Å². The number of benzene rings is 2. The largest absolute Gasteiger partial charge is 0.478 e. The van der Waals surface area contributed by atoms with E-state index in [0.29, 0.717) is 11.3 Å². The van der Waals surface area contributed by atoms with Crippen LogP contribution in [0.3, 0.4) is 0 Å². The van der Waals surface area contributed by atoms with Crippen molar-refractivity contribution >= 4 is 17.6 Å². The van der Waals surface area contributed by atoms with Gasteiger partial charge in [0.25, 0.3) is 0 Å². The second kappa shape index (κ2) is 8.47. The number of hydrogen-bond acceptors (Lipinski definition) is 4. The van der Waals surface area contributed by atoms with E-state index in [4.69, 9.17) is 10.4 Å². The van der Waals surface area contributed by atoms with Gasteiger partial charge >= 0.3 is 5.97 Å². The SMILES string of the molecule is N#Cc1cccc(NC(=O)C2CCN(Cc3ccc(C(=O)O)cc3)CC2)c1. The Bertz CT molecular complexity index is 863. The van der Waals surface area contributed by atoms with Gasteiger partial charge in [0, 0.05) is 18.2 Å². The highest BCUT2D eigenvalue weighted by Gasteiger charge is 2.25. The number of aromatic carboxylic acids is 1. The van der Waals surface area contributed by atoms with Gasteiger partial charge in [0.15, 0.2) is 0 Å². The van der Waals surface area contributed by atoms with Crippen molar-refractivity contribution in [3.63, 3.8) is 0 Å². The van der Waals surface area contributed by atoms with Crippen molar-refractivity contribution in [2.24, 2.45) is 5.92 Å². The van der Waals surface area contributed by atoms with Gasteiger partial charge in [-0.05, 0) is 61.8 Å². The molecule has 0 radical (unpaired) electrons. The predicted molar refractivity (Wildman–Crippen MR) is 101 cm³/mol. The molecule has 1 fully saturated rings. The first-order valence-electron chi connectivity index (χ1n) is 8.91. The van der Waals surface area contributed by atoms with Gasteiger partial charge in [-0.3, -0.25) is 9.69 Å². The second-order valence-corrected chi connectivity index (χ2v) is 6.73. The summed E-state index contributed by atoms with van der Waals surface area (Å²) in [5.74, 6) is -0.967. The number of likely N-dealkylation sites (tertiary alicyclic amines) is 1. The van der Waals surface area contributed by atoms with Gasteiger partial charge in [-0.15, -0.1) is 0 Å². The predicted octanol–water partition coefficient (Wildman–Crippen LogP) is 3.11. The van der Waals surface area contributed by atoms with Gasteiger partial charge in [0.05, 0.1) is 17.2 Å². The third-order valence-electron chi connectivity index (χ3n) is 4.82. The number of rotatable bonds is 5. The second-order valence-electron chi connectivity index (χ2n) is 6.73. The Kier molecular flexibility index (Phi) is 5.84. The number of nitrogens with one attached hydrogen (secondary N) is 1. The van der Waals surface area contributed by atoms with E-state index in [0.717, 1.165) is 38.0 Å². The molecule has 0 saturated carbocycles. The van der Waals surface area contributed by atoms with E-state index in [1.54, 1.807) is 36.4 Å². The van der Waals surface area contributed by atoms with Gasteiger partial charge in [-0.2, -0.15) is 5.26 Å². The molecule has 1 saturated heterocycles. The summed E-state index contributed by atoms with van der Waals surface area (Å²) in [6, 6.07) is 15.9. The standard InChI is InChI=1S/C21H21N3O3/c22-13-16-2-1-3-19(12-16)23-20(25)17-8-10-24(11-9-17)14-15-4-6-18(7-5-15)21(26)27/h1-7,12,17H,8-11,14H2,(H,23,25)(H,26,27). The van der Waals surface area contributed by atoms with E-state index >= 15 is 0 Å². The normalized spacial score (nSPS) is 15.1. The molecule has 1 heterocycles. The fraction of sp³-hybridized carbons (Fsp3) is 0.286. The lowest BCUT2D eigenvalue weighted by Crippen LogP contribution is -2.37. The summed E-state index contributed by atoms with van der Waals surface area (Å²) in [6.07, 6.45) is 1.55. The van der Waals surface area contributed by atoms with Crippen LogP contribution in [0.1, 0.15) is 34.3 Å². The number of hydrogen-bond donors (Lipinski definition) is 2.